The second-order valence-electron chi connectivity index (χ2n) is 7.43. The number of rotatable bonds is 5. The fourth-order valence-electron chi connectivity index (χ4n) is 3.56. The number of hydrogen-bond acceptors (Lipinski definition) is 8. The average Bonchev–Trinajstić information content (AvgIpc) is 2.94. The number of ether oxygens (including phenoxy) is 3. The number of aliphatic hydroxyl groups excluding tert-OH is 2. The SMILES string of the molecule is C=C1C(=O)OC2/C=C(/C)C(OC(C)=O)C/C=C(/C)CC(OC(=O)/C(=C/CO)CO)C12. The number of carbonyl (C=O) groups excluding carboxylic acids is 3. The van der Waals surface area contributed by atoms with E-state index < -0.39 is 55.4 Å². The van der Waals surface area contributed by atoms with Gasteiger partial charge < -0.3 is 24.4 Å². The van der Waals surface area contributed by atoms with Crippen LogP contribution in [0.25, 0.3) is 0 Å². The summed E-state index contributed by atoms with van der Waals surface area (Å²) in [5.74, 6) is -2.44. The lowest BCUT2D eigenvalue weighted by atomic mass is 9.85. The molecule has 2 N–H and O–H groups in total. The van der Waals surface area contributed by atoms with Crippen LogP contribution in [0, 0.1) is 5.92 Å². The van der Waals surface area contributed by atoms with Crippen LogP contribution in [-0.4, -0.2) is 59.6 Å². The van der Waals surface area contributed by atoms with Gasteiger partial charge in [0, 0.05) is 25.3 Å². The van der Waals surface area contributed by atoms with Crippen molar-refractivity contribution in [3.05, 3.63) is 47.1 Å². The largest absolute Gasteiger partial charge is 0.458 e. The Labute approximate surface area is 175 Å². The first-order valence-corrected chi connectivity index (χ1v) is 9.70. The third kappa shape index (κ3) is 5.67. The predicted molar refractivity (Wildman–Crippen MR) is 107 cm³/mol. The summed E-state index contributed by atoms with van der Waals surface area (Å²) < 4.78 is 16.5. The molecule has 0 amide bonds. The molecule has 0 aromatic heterocycles. The molecule has 0 aromatic rings. The Morgan fingerprint density at radius 1 is 1.30 bits per heavy atom. The fourth-order valence-corrected chi connectivity index (χ4v) is 3.56. The summed E-state index contributed by atoms with van der Waals surface area (Å²) in [4.78, 5) is 36.2. The molecule has 1 aliphatic carbocycles. The third-order valence-electron chi connectivity index (χ3n) is 5.14. The maximum absolute atomic E-state index is 12.5. The van der Waals surface area contributed by atoms with Crippen LogP contribution in [0.4, 0.5) is 0 Å². The van der Waals surface area contributed by atoms with E-state index in [-0.39, 0.29) is 11.1 Å². The van der Waals surface area contributed by atoms with E-state index in [1.807, 2.05) is 13.0 Å². The van der Waals surface area contributed by atoms with Crippen LogP contribution >= 0.6 is 0 Å². The van der Waals surface area contributed by atoms with Crippen molar-refractivity contribution < 1.29 is 38.8 Å². The predicted octanol–water partition coefficient (Wildman–Crippen LogP) is 1.53. The van der Waals surface area contributed by atoms with Gasteiger partial charge in [0.2, 0.25) is 0 Å². The molecular weight excluding hydrogens is 392 g/mol. The Morgan fingerprint density at radius 2 is 2.00 bits per heavy atom. The van der Waals surface area contributed by atoms with Crippen LogP contribution in [-0.2, 0) is 28.6 Å². The van der Waals surface area contributed by atoms with Gasteiger partial charge in [-0.05, 0) is 31.6 Å². The lowest BCUT2D eigenvalue weighted by molar-refractivity contribution is -0.148. The highest BCUT2D eigenvalue weighted by Gasteiger charge is 2.45. The molecule has 0 saturated carbocycles. The number of hydrogen-bond donors (Lipinski definition) is 2. The number of aliphatic hydroxyl groups is 2. The number of esters is 3. The normalized spacial score (nSPS) is 30.9. The second-order valence-corrected chi connectivity index (χ2v) is 7.43. The molecule has 2 rings (SSSR count). The first kappa shape index (κ1) is 23.6. The van der Waals surface area contributed by atoms with E-state index in [9.17, 15) is 19.5 Å². The molecule has 164 valence electrons. The Morgan fingerprint density at radius 3 is 2.60 bits per heavy atom. The second kappa shape index (κ2) is 10.4. The third-order valence-corrected chi connectivity index (χ3v) is 5.14. The molecule has 8 heteroatoms. The fraction of sp³-hybridized carbons (Fsp3) is 0.500. The van der Waals surface area contributed by atoms with Crippen LogP contribution in [0.1, 0.15) is 33.6 Å². The van der Waals surface area contributed by atoms with Gasteiger partial charge in [-0.25, -0.2) is 9.59 Å². The number of fused-ring (bicyclic) bond motifs is 1. The molecule has 0 aromatic carbocycles. The summed E-state index contributed by atoms with van der Waals surface area (Å²) in [6, 6.07) is 0. The minimum absolute atomic E-state index is 0.0784. The van der Waals surface area contributed by atoms with Gasteiger partial charge in [-0.3, -0.25) is 4.79 Å². The molecule has 8 nitrogen and oxygen atoms in total. The highest BCUT2D eigenvalue weighted by molar-refractivity contribution is 5.92. The first-order valence-electron chi connectivity index (χ1n) is 9.70. The highest BCUT2D eigenvalue weighted by Crippen LogP contribution is 2.36. The van der Waals surface area contributed by atoms with Crippen molar-refractivity contribution in [1.82, 2.24) is 0 Å². The molecule has 1 saturated heterocycles. The maximum Gasteiger partial charge on any atom is 0.336 e. The van der Waals surface area contributed by atoms with Gasteiger partial charge in [0.25, 0.3) is 0 Å². The summed E-state index contributed by atoms with van der Waals surface area (Å²) in [5.41, 5.74) is 1.67. The standard InChI is InChI=1S/C22H28O8/c1-12-5-6-17(28-15(4)25)13(2)10-19-20(14(3)21(26)29-19)18(9-12)30-22(27)16(11-24)7-8-23/h5,7,10,17-20,23-24H,3,6,8-9,11H2,1-2,4H3/b12-5-,13-10-,16-7+. The van der Waals surface area contributed by atoms with Crippen LogP contribution < -0.4 is 0 Å². The van der Waals surface area contributed by atoms with E-state index in [4.69, 9.17) is 19.3 Å². The van der Waals surface area contributed by atoms with Crippen LogP contribution in [0.2, 0.25) is 0 Å². The summed E-state index contributed by atoms with van der Waals surface area (Å²) in [6.07, 6.45) is 3.45. The van der Waals surface area contributed by atoms with Crippen molar-refractivity contribution in [1.29, 1.82) is 0 Å². The molecule has 1 aliphatic heterocycles. The zero-order valence-electron chi connectivity index (χ0n) is 17.4. The van der Waals surface area contributed by atoms with Crippen LogP contribution in [0.3, 0.4) is 0 Å². The molecule has 0 radical (unpaired) electrons. The smallest absolute Gasteiger partial charge is 0.336 e. The topological polar surface area (TPSA) is 119 Å². The van der Waals surface area contributed by atoms with E-state index in [0.717, 1.165) is 5.57 Å². The van der Waals surface area contributed by atoms with Gasteiger partial charge in [-0.15, -0.1) is 0 Å². The van der Waals surface area contributed by atoms with Crippen molar-refractivity contribution in [3.63, 3.8) is 0 Å². The highest BCUT2D eigenvalue weighted by atomic mass is 16.6. The van der Waals surface area contributed by atoms with Gasteiger partial charge >= 0.3 is 17.9 Å². The molecule has 30 heavy (non-hydrogen) atoms. The summed E-state index contributed by atoms with van der Waals surface area (Å²) in [7, 11) is 0. The quantitative estimate of drug-likeness (QED) is 0.297. The molecule has 1 fully saturated rings. The molecule has 0 bridgehead atoms. The van der Waals surface area contributed by atoms with Crippen molar-refractivity contribution >= 4 is 17.9 Å². The molecular formula is C22H28O8. The summed E-state index contributed by atoms with van der Waals surface area (Å²) >= 11 is 0. The Kier molecular flexibility index (Phi) is 8.14. The van der Waals surface area contributed by atoms with Crippen molar-refractivity contribution in [2.24, 2.45) is 5.92 Å². The van der Waals surface area contributed by atoms with E-state index in [0.29, 0.717) is 18.4 Å². The van der Waals surface area contributed by atoms with Crippen LogP contribution in [0.15, 0.2) is 47.1 Å². The minimum Gasteiger partial charge on any atom is -0.458 e. The molecule has 4 unspecified atom stereocenters. The molecule has 0 spiro atoms. The summed E-state index contributed by atoms with van der Waals surface area (Å²) in [5, 5.41) is 18.4. The van der Waals surface area contributed by atoms with Crippen molar-refractivity contribution in [2.45, 2.75) is 51.9 Å². The van der Waals surface area contributed by atoms with E-state index in [1.54, 1.807) is 13.0 Å². The Bertz CT molecular complexity index is 804. The van der Waals surface area contributed by atoms with Crippen molar-refractivity contribution in [3.8, 4) is 0 Å². The van der Waals surface area contributed by atoms with Gasteiger partial charge in [-0.2, -0.15) is 0 Å². The zero-order valence-corrected chi connectivity index (χ0v) is 17.4. The average molecular weight is 420 g/mol. The lowest BCUT2D eigenvalue weighted by Crippen LogP contribution is -2.34. The van der Waals surface area contributed by atoms with Gasteiger partial charge in [-0.1, -0.05) is 18.2 Å². The van der Waals surface area contributed by atoms with Crippen LogP contribution in [0.5, 0.6) is 0 Å². The molecule has 1 heterocycles. The van der Waals surface area contributed by atoms with E-state index >= 15 is 0 Å². The minimum atomic E-state index is -0.786. The van der Waals surface area contributed by atoms with Gasteiger partial charge in [0.1, 0.15) is 18.3 Å². The zero-order chi connectivity index (χ0) is 22.4. The summed E-state index contributed by atoms with van der Waals surface area (Å²) in [6.45, 7) is 7.76. The van der Waals surface area contributed by atoms with Crippen molar-refractivity contribution in [2.75, 3.05) is 13.2 Å². The van der Waals surface area contributed by atoms with Gasteiger partial charge in [0.05, 0.1) is 24.7 Å². The van der Waals surface area contributed by atoms with Gasteiger partial charge in [0.15, 0.2) is 0 Å². The molecule has 2 aliphatic rings. The Balaban J connectivity index is 2.42. The maximum atomic E-state index is 12.5. The lowest BCUT2D eigenvalue weighted by Gasteiger charge is -2.28. The first-order chi connectivity index (χ1) is 14.2. The molecule has 4 atom stereocenters. The Hall–Kier alpha value is -2.71. The monoisotopic (exact) mass is 420 g/mol. The van der Waals surface area contributed by atoms with E-state index in [1.165, 1.54) is 13.0 Å². The van der Waals surface area contributed by atoms with E-state index in [2.05, 4.69) is 6.58 Å². The number of carbonyl (C=O) groups is 3.